The zero-order valence-corrected chi connectivity index (χ0v) is 11.0. The number of halogens is 1. The van der Waals surface area contributed by atoms with E-state index in [2.05, 4.69) is 4.90 Å². The molecule has 0 aromatic heterocycles. The van der Waals surface area contributed by atoms with Crippen LogP contribution < -0.4 is 10.6 Å². The number of hydrogen-bond acceptors (Lipinski definition) is 3. The fraction of sp³-hybridized carbons (Fsp3) is 0.538. The fourth-order valence-corrected chi connectivity index (χ4v) is 3.13. The quantitative estimate of drug-likeness (QED) is 0.880. The Morgan fingerprint density at radius 3 is 2.94 bits per heavy atom. The molecule has 0 amide bonds. The Morgan fingerprint density at radius 2 is 2.18 bits per heavy atom. The van der Waals surface area contributed by atoms with Crippen LogP contribution in [0.5, 0.6) is 0 Å². The zero-order chi connectivity index (χ0) is 12.3. The highest BCUT2D eigenvalue weighted by atomic mass is 32.2. The van der Waals surface area contributed by atoms with Gasteiger partial charge in [0.2, 0.25) is 0 Å². The summed E-state index contributed by atoms with van der Waals surface area (Å²) in [5.74, 6) is 2.11. The number of nitrogens with zero attached hydrogens (tertiary/aromatic N) is 1. The molecule has 1 aliphatic heterocycles. The van der Waals surface area contributed by atoms with Crippen molar-refractivity contribution in [3.63, 3.8) is 0 Å². The molecule has 4 heteroatoms. The molecule has 0 bridgehead atoms. The van der Waals surface area contributed by atoms with Gasteiger partial charge >= 0.3 is 0 Å². The smallest absolute Gasteiger partial charge is 0.130 e. The zero-order valence-electron chi connectivity index (χ0n) is 10.2. The Balaban J connectivity index is 2.32. The summed E-state index contributed by atoms with van der Waals surface area (Å²) in [4.78, 5) is 2.27. The van der Waals surface area contributed by atoms with E-state index in [-0.39, 0.29) is 11.9 Å². The molecule has 2 nitrogen and oxygen atoms in total. The van der Waals surface area contributed by atoms with Gasteiger partial charge < -0.3 is 10.6 Å². The van der Waals surface area contributed by atoms with Crippen LogP contribution in [0, 0.1) is 5.82 Å². The van der Waals surface area contributed by atoms with Gasteiger partial charge in [0.15, 0.2) is 0 Å². The minimum absolute atomic E-state index is 0.186. The summed E-state index contributed by atoms with van der Waals surface area (Å²) in [6, 6.07) is 4.99. The van der Waals surface area contributed by atoms with Crippen molar-refractivity contribution in [3.05, 3.63) is 29.6 Å². The molecule has 0 aliphatic carbocycles. The van der Waals surface area contributed by atoms with E-state index in [1.807, 2.05) is 24.8 Å². The third-order valence-corrected chi connectivity index (χ3v) is 4.10. The second kappa shape index (κ2) is 5.74. The average Bonchev–Trinajstić information content (AvgIpc) is 2.56. The summed E-state index contributed by atoms with van der Waals surface area (Å²) in [5, 5.41) is 0. The van der Waals surface area contributed by atoms with Crippen molar-refractivity contribution in [1.82, 2.24) is 0 Å². The first-order valence-electron chi connectivity index (χ1n) is 6.07. The van der Waals surface area contributed by atoms with Gasteiger partial charge in [-0.15, -0.1) is 0 Å². The monoisotopic (exact) mass is 254 g/mol. The largest absolute Gasteiger partial charge is 0.370 e. The van der Waals surface area contributed by atoms with Crippen molar-refractivity contribution in [2.75, 3.05) is 29.5 Å². The molecule has 94 valence electrons. The first-order valence-corrected chi connectivity index (χ1v) is 7.22. The summed E-state index contributed by atoms with van der Waals surface area (Å²) in [5.41, 5.74) is 7.52. The van der Waals surface area contributed by atoms with E-state index in [0.717, 1.165) is 31.0 Å². The summed E-state index contributed by atoms with van der Waals surface area (Å²) >= 11 is 1.97. The van der Waals surface area contributed by atoms with E-state index < -0.39 is 0 Å². The van der Waals surface area contributed by atoms with Crippen LogP contribution in [-0.4, -0.2) is 24.6 Å². The maximum absolute atomic E-state index is 13.8. The number of thioether (sulfide) groups is 1. The van der Waals surface area contributed by atoms with Gasteiger partial charge in [-0.3, -0.25) is 0 Å². The molecule has 1 atom stereocenters. The van der Waals surface area contributed by atoms with Crippen molar-refractivity contribution in [2.45, 2.75) is 19.4 Å². The summed E-state index contributed by atoms with van der Waals surface area (Å²) in [6.45, 7) is 3.82. The van der Waals surface area contributed by atoms with Crippen molar-refractivity contribution < 1.29 is 4.39 Å². The summed E-state index contributed by atoms with van der Waals surface area (Å²) < 4.78 is 13.8. The number of hydrogen-bond donors (Lipinski definition) is 1. The molecule has 0 radical (unpaired) electrons. The molecule has 1 aliphatic rings. The SMILES string of the molecule is C[C@@H](N)c1c(F)cccc1N1CCCSCC1. The minimum atomic E-state index is -0.262. The highest BCUT2D eigenvalue weighted by molar-refractivity contribution is 7.99. The lowest BCUT2D eigenvalue weighted by Crippen LogP contribution is -2.28. The Bertz CT molecular complexity index is 374. The highest BCUT2D eigenvalue weighted by Crippen LogP contribution is 2.29. The van der Waals surface area contributed by atoms with E-state index in [9.17, 15) is 4.39 Å². The normalized spacial score (nSPS) is 18.9. The van der Waals surface area contributed by atoms with Gasteiger partial charge in [0.05, 0.1) is 0 Å². The molecule has 1 saturated heterocycles. The number of anilines is 1. The molecule has 0 saturated carbocycles. The van der Waals surface area contributed by atoms with Crippen molar-refractivity contribution in [1.29, 1.82) is 0 Å². The van der Waals surface area contributed by atoms with Crippen LogP contribution in [0.25, 0.3) is 0 Å². The molecular formula is C13H19FN2S. The second-order valence-corrected chi connectivity index (χ2v) is 5.64. The van der Waals surface area contributed by atoms with Gasteiger partial charge in [-0.05, 0) is 31.2 Å². The van der Waals surface area contributed by atoms with Gasteiger partial charge in [-0.25, -0.2) is 4.39 Å². The maximum Gasteiger partial charge on any atom is 0.130 e. The standard InChI is InChI=1S/C13H19FN2S/c1-10(15)13-11(14)4-2-5-12(13)16-6-3-8-17-9-7-16/h2,4-5,10H,3,6-9,15H2,1H3/t10-/m1/s1. The number of benzene rings is 1. The van der Waals surface area contributed by atoms with Gasteiger partial charge in [-0.2, -0.15) is 11.8 Å². The van der Waals surface area contributed by atoms with Crippen molar-refractivity contribution >= 4 is 17.4 Å². The third kappa shape index (κ3) is 2.93. The minimum Gasteiger partial charge on any atom is -0.370 e. The number of rotatable bonds is 2. The lowest BCUT2D eigenvalue weighted by atomic mass is 10.0. The van der Waals surface area contributed by atoms with Crippen LogP contribution in [0.15, 0.2) is 18.2 Å². The molecule has 1 aromatic carbocycles. The molecule has 2 N–H and O–H groups in total. The van der Waals surface area contributed by atoms with E-state index in [1.54, 1.807) is 6.07 Å². The maximum atomic E-state index is 13.8. The molecule has 1 heterocycles. The fourth-order valence-electron chi connectivity index (χ4n) is 2.24. The van der Waals surface area contributed by atoms with Gasteiger partial charge in [0.1, 0.15) is 5.82 Å². The molecule has 0 unspecified atom stereocenters. The molecule has 1 fully saturated rings. The average molecular weight is 254 g/mol. The highest BCUT2D eigenvalue weighted by Gasteiger charge is 2.18. The summed E-state index contributed by atoms with van der Waals surface area (Å²) in [7, 11) is 0. The van der Waals surface area contributed by atoms with Crippen LogP contribution in [0.4, 0.5) is 10.1 Å². The van der Waals surface area contributed by atoms with Crippen LogP contribution in [-0.2, 0) is 0 Å². The van der Waals surface area contributed by atoms with Gasteiger partial charge in [0, 0.05) is 36.1 Å². The topological polar surface area (TPSA) is 29.3 Å². The van der Waals surface area contributed by atoms with Crippen LogP contribution >= 0.6 is 11.8 Å². The van der Waals surface area contributed by atoms with Gasteiger partial charge in [0.25, 0.3) is 0 Å². The predicted octanol–water partition coefficient (Wildman–Crippen LogP) is 2.79. The summed E-state index contributed by atoms with van der Waals surface area (Å²) in [6.07, 6.45) is 1.15. The van der Waals surface area contributed by atoms with Crippen LogP contribution in [0.3, 0.4) is 0 Å². The van der Waals surface area contributed by atoms with E-state index in [0.29, 0.717) is 5.56 Å². The van der Waals surface area contributed by atoms with Crippen LogP contribution in [0.1, 0.15) is 24.9 Å². The third-order valence-electron chi connectivity index (χ3n) is 3.05. The molecule has 2 rings (SSSR count). The van der Waals surface area contributed by atoms with Gasteiger partial charge in [-0.1, -0.05) is 6.07 Å². The molecule has 1 aromatic rings. The number of nitrogens with two attached hydrogens (primary N) is 1. The lowest BCUT2D eigenvalue weighted by molar-refractivity contribution is 0.591. The molecule has 0 spiro atoms. The van der Waals surface area contributed by atoms with E-state index >= 15 is 0 Å². The Kier molecular flexibility index (Phi) is 4.29. The molecular weight excluding hydrogens is 235 g/mol. The molecule has 17 heavy (non-hydrogen) atoms. The van der Waals surface area contributed by atoms with Crippen molar-refractivity contribution in [2.24, 2.45) is 5.73 Å². The first-order chi connectivity index (χ1) is 8.20. The first kappa shape index (κ1) is 12.7. The predicted molar refractivity (Wildman–Crippen MR) is 73.2 cm³/mol. The Morgan fingerprint density at radius 1 is 1.35 bits per heavy atom. The Hall–Kier alpha value is -0.740. The second-order valence-electron chi connectivity index (χ2n) is 4.41. The van der Waals surface area contributed by atoms with Crippen molar-refractivity contribution in [3.8, 4) is 0 Å². The lowest BCUT2D eigenvalue weighted by Gasteiger charge is -2.26. The van der Waals surface area contributed by atoms with E-state index in [1.165, 1.54) is 11.8 Å². The Labute approximate surface area is 106 Å². The van der Waals surface area contributed by atoms with E-state index in [4.69, 9.17) is 5.73 Å². The van der Waals surface area contributed by atoms with Crippen LogP contribution in [0.2, 0.25) is 0 Å².